The quantitative estimate of drug-likeness (QED) is 0.705. The lowest BCUT2D eigenvalue weighted by Crippen LogP contribution is -2.56. The topological polar surface area (TPSA) is 93.7 Å². The molecule has 3 heterocycles. The molecule has 5 atom stereocenters. The molecule has 2 amide bonds. The van der Waals surface area contributed by atoms with Gasteiger partial charge >= 0.3 is 0 Å². The standard InChI is InChI=1S/C22H27N5O2S/c23-10-14-2-1-7-26(14)21(28)18(24)12-25-11-15-9-20(25)22(29)27(15)19-6-3-13-8-16(30)4-5-17(13)19/h4-5,8,14-15,18-20,30H,1-3,6-7,9,11-12,24H2/t14?,15?,18?,19?,20-/m0/s1. The fourth-order valence-corrected chi connectivity index (χ4v) is 6.11. The normalized spacial score (nSPS) is 31.3. The van der Waals surface area contributed by atoms with Crippen LogP contribution in [0.3, 0.4) is 0 Å². The predicted octanol–water partition coefficient (Wildman–Crippen LogP) is 1.09. The van der Waals surface area contributed by atoms with Crippen LogP contribution in [0.15, 0.2) is 23.1 Å². The van der Waals surface area contributed by atoms with Crippen molar-refractivity contribution in [1.82, 2.24) is 14.7 Å². The van der Waals surface area contributed by atoms with Crippen molar-refractivity contribution in [2.75, 3.05) is 19.6 Å². The van der Waals surface area contributed by atoms with E-state index < -0.39 is 6.04 Å². The number of aryl methyl sites for hydroxylation is 1. The lowest BCUT2D eigenvalue weighted by Gasteiger charge is -2.38. The fourth-order valence-electron chi connectivity index (χ4n) is 5.88. The number of likely N-dealkylation sites (tertiary alicyclic amines) is 3. The third-order valence-electron chi connectivity index (χ3n) is 7.26. The maximum Gasteiger partial charge on any atom is 0.241 e. The highest BCUT2D eigenvalue weighted by Crippen LogP contribution is 2.44. The van der Waals surface area contributed by atoms with Gasteiger partial charge in [-0.1, -0.05) is 6.07 Å². The van der Waals surface area contributed by atoms with Crippen LogP contribution in [-0.4, -0.2) is 70.3 Å². The number of rotatable bonds is 4. The van der Waals surface area contributed by atoms with Gasteiger partial charge in [0.15, 0.2) is 0 Å². The van der Waals surface area contributed by atoms with Gasteiger partial charge in [0, 0.05) is 30.6 Å². The number of nitrogens with zero attached hydrogens (tertiary/aromatic N) is 4. The molecule has 7 nitrogen and oxygen atoms in total. The Balaban J connectivity index is 1.25. The highest BCUT2D eigenvalue weighted by atomic mass is 32.1. The first kappa shape index (κ1) is 19.9. The molecule has 3 fully saturated rings. The summed E-state index contributed by atoms with van der Waals surface area (Å²) in [6.45, 7) is 1.73. The maximum atomic E-state index is 13.2. The van der Waals surface area contributed by atoms with E-state index in [0.717, 1.165) is 37.1 Å². The van der Waals surface area contributed by atoms with Gasteiger partial charge in [-0.15, -0.1) is 12.6 Å². The second-order valence-corrected chi connectivity index (χ2v) is 9.48. The van der Waals surface area contributed by atoms with Crippen molar-refractivity contribution in [2.24, 2.45) is 5.73 Å². The Labute approximate surface area is 182 Å². The maximum absolute atomic E-state index is 13.2. The average Bonchev–Trinajstić information content (AvgIpc) is 3.49. The molecule has 0 saturated carbocycles. The van der Waals surface area contributed by atoms with E-state index in [9.17, 15) is 14.9 Å². The highest BCUT2D eigenvalue weighted by molar-refractivity contribution is 7.80. The van der Waals surface area contributed by atoms with E-state index in [1.165, 1.54) is 11.1 Å². The van der Waals surface area contributed by atoms with Gasteiger partial charge in [0.25, 0.3) is 0 Å². The SMILES string of the molecule is N#CC1CCCN1C(=O)C(N)CN1CC2C[C@H]1C(=O)N2C1CCc2cc(S)ccc21. The average molecular weight is 426 g/mol. The van der Waals surface area contributed by atoms with Crippen molar-refractivity contribution in [1.29, 1.82) is 5.26 Å². The molecular weight excluding hydrogens is 398 g/mol. The molecule has 1 aromatic carbocycles. The molecule has 0 radical (unpaired) electrons. The van der Waals surface area contributed by atoms with Crippen LogP contribution in [0.2, 0.25) is 0 Å². The van der Waals surface area contributed by atoms with Gasteiger partial charge in [-0.25, -0.2) is 0 Å². The molecule has 1 aliphatic carbocycles. The number of carbonyl (C=O) groups is 2. The zero-order chi connectivity index (χ0) is 21.0. The van der Waals surface area contributed by atoms with Crippen molar-refractivity contribution in [3.05, 3.63) is 29.3 Å². The van der Waals surface area contributed by atoms with Crippen molar-refractivity contribution < 1.29 is 9.59 Å². The number of benzene rings is 1. The zero-order valence-corrected chi connectivity index (χ0v) is 17.8. The van der Waals surface area contributed by atoms with Crippen molar-refractivity contribution in [2.45, 2.75) is 67.2 Å². The summed E-state index contributed by atoms with van der Waals surface area (Å²) >= 11 is 4.44. The smallest absolute Gasteiger partial charge is 0.241 e. The van der Waals surface area contributed by atoms with Gasteiger partial charge in [0.05, 0.1) is 24.2 Å². The predicted molar refractivity (Wildman–Crippen MR) is 114 cm³/mol. The van der Waals surface area contributed by atoms with Crippen LogP contribution in [0, 0.1) is 11.3 Å². The van der Waals surface area contributed by atoms with Gasteiger partial charge in [-0.05, 0) is 55.4 Å². The Kier molecular flexibility index (Phi) is 5.00. The van der Waals surface area contributed by atoms with E-state index in [-0.39, 0.29) is 36.0 Å². The minimum atomic E-state index is -0.694. The number of hydrogen-bond donors (Lipinski definition) is 2. The third-order valence-corrected chi connectivity index (χ3v) is 7.53. The molecule has 30 heavy (non-hydrogen) atoms. The van der Waals surface area contributed by atoms with Crippen molar-refractivity contribution >= 4 is 24.4 Å². The first-order valence-corrected chi connectivity index (χ1v) is 11.3. The fraction of sp³-hybridized carbons (Fsp3) is 0.591. The lowest BCUT2D eigenvalue weighted by atomic mass is 10.1. The number of carbonyl (C=O) groups excluding carboxylic acids is 2. The minimum absolute atomic E-state index is 0.148. The summed E-state index contributed by atoms with van der Waals surface area (Å²) < 4.78 is 0. The number of nitrogens with two attached hydrogens (primary N) is 1. The molecule has 4 aliphatic rings. The van der Waals surface area contributed by atoms with Crippen LogP contribution in [0.1, 0.15) is 42.9 Å². The van der Waals surface area contributed by atoms with Crippen LogP contribution >= 0.6 is 12.6 Å². The minimum Gasteiger partial charge on any atom is -0.330 e. The number of amides is 2. The molecule has 4 unspecified atom stereocenters. The highest BCUT2D eigenvalue weighted by Gasteiger charge is 2.53. The largest absolute Gasteiger partial charge is 0.330 e. The Bertz CT molecular complexity index is 931. The molecule has 0 aromatic heterocycles. The van der Waals surface area contributed by atoms with Crippen LogP contribution in [0.4, 0.5) is 0 Å². The van der Waals surface area contributed by atoms with Gasteiger partial charge in [0.1, 0.15) is 6.04 Å². The summed E-state index contributed by atoms with van der Waals surface area (Å²) in [5, 5.41) is 9.24. The monoisotopic (exact) mass is 425 g/mol. The number of fused-ring (bicyclic) bond motifs is 3. The van der Waals surface area contributed by atoms with Crippen LogP contribution in [0.25, 0.3) is 0 Å². The van der Waals surface area contributed by atoms with E-state index in [0.29, 0.717) is 19.5 Å². The molecule has 1 aromatic rings. The lowest BCUT2D eigenvalue weighted by molar-refractivity contribution is -0.141. The third kappa shape index (κ3) is 3.11. The van der Waals surface area contributed by atoms with E-state index in [1.807, 2.05) is 6.07 Å². The Morgan fingerprint density at radius 3 is 2.93 bits per heavy atom. The molecule has 8 heteroatoms. The number of nitriles is 1. The van der Waals surface area contributed by atoms with Crippen LogP contribution in [0.5, 0.6) is 0 Å². The molecule has 0 spiro atoms. The first-order valence-electron chi connectivity index (χ1n) is 10.8. The Morgan fingerprint density at radius 1 is 1.33 bits per heavy atom. The van der Waals surface area contributed by atoms with Gasteiger partial charge < -0.3 is 15.5 Å². The Hall–Kier alpha value is -2.08. The van der Waals surface area contributed by atoms with Crippen LogP contribution in [-0.2, 0) is 16.0 Å². The number of piperazine rings is 1. The molecule has 5 rings (SSSR count). The van der Waals surface area contributed by atoms with Gasteiger partial charge in [-0.2, -0.15) is 5.26 Å². The van der Waals surface area contributed by atoms with Crippen molar-refractivity contribution in [3.63, 3.8) is 0 Å². The molecule has 3 aliphatic heterocycles. The first-order chi connectivity index (χ1) is 14.5. The van der Waals surface area contributed by atoms with E-state index in [4.69, 9.17) is 5.73 Å². The summed E-state index contributed by atoms with van der Waals surface area (Å²) in [6.07, 6.45) is 4.31. The second kappa shape index (κ2) is 7.56. The summed E-state index contributed by atoms with van der Waals surface area (Å²) in [6, 6.07) is 7.50. The molecule has 158 valence electrons. The number of thiol groups is 1. The summed E-state index contributed by atoms with van der Waals surface area (Å²) in [7, 11) is 0. The van der Waals surface area contributed by atoms with E-state index in [1.54, 1.807) is 4.90 Å². The Morgan fingerprint density at radius 2 is 2.17 bits per heavy atom. The van der Waals surface area contributed by atoms with E-state index >= 15 is 0 Å². The number of hydrogen-bond acceptors (Lipinski definition) is 6. The second-order valence-electron chi connectivity index (χ2n) is 8.97. The zero-order valence-electron chi connectivity index (χ0n) is 16.9. The summed E-state index contributed by atoms with van der Waals surface area (Å²) in [5.41, 5.74) is 8.78. The van der Waals surface area contributed by atoms with Crippen molar-refractivity contribution in [3.8, 4) is 6.07 Å². The summed E-state index contributed by atoms with van der Waals surface area (Å²) in [5.74, 6) is -0.00631. The molecular formula is C22H27N5O2S. The van der Waals surface area contributed by atoms with Crippen LogP contribution < -0.4 is 5.73 Å². The molecule has 3 saturated heterocycles. The molecule has 2 bridgehead atoms. The molecule has 2 N–H and O–H groups in total. The van der Waals surface area contributed by atoms with Gasteiger partial charge in [-0.3, -0.25) is 14.5 Å². The van der Waals surface area contributed by atoms with Gasteiger partial charge in [0.2, 0.25) is 11.8 Å². The summed E-state index contributed by atoms with van der Waals surface area (Å²) in [4.78, 5) is 32.7. The van der Waals surface area contributed by atoms with E-state index in [2.05, 4.69) is 40.6 Å².